The van der Waals surface area contributed by atoms with Crippen molar-refractivity contribution in [2.75, 3.05) is 18.5 Å². The second-order valence-corrected chi connectivity index (χ2v) is 8.27. The maximum absolute atomic E-state index is 12.9. The Morgan fingerprint density at radius 2 is 1.91 bits per heavy atom. The predicted molar refractivity (Wildman–Crippen MR) is 121 cm³/mol. The van der Waals surface area contributed by atoms with E-state index >= 15 is 0 Å². The highest BCUT2D eigenvalue weighted by Gasteiger charge is 2.23. The van der Waals surface area contributed by atoms with E-state index in [4.69, 9.17) is 9.72 Å². The van der Waals surface area contributed by atoms with E-state index < -0.39 is 0 Å². The molecule has 4 aromatic heterocycles. The van der Waals surface area contributed by atoms with Gasteiger partial charge in [-0.1, -0.05) is 0 Å². The third-order valence-electron chi connectivity index (χ3n) is 6.04. The van der Waals surface area contributed by atoms with E-state index in [9.17, 15) is 4.79 Å². The molecule has 0 unspecified atom stereocenters. The first-order valence-electron chi connectivity index (χ1n) is 10.7. The van der Waals surface area contributed by atoms with E-state index in [1.807, 2.05) is 33.2 Å². The highest BCUT2D eigenvalue weighted by molar-refractivity contribution is 5.73. The number of rotatable bonds is 4. The van der Waals surface area contributed by atoms with Gasteiger partial charge in [-0.05, 0) is 38.3 Å². The average Bonchev–Trinajstić information content (AvgIpc) is 3.25. The summed E-state index contributed by atoms with van der Waals surface area (Å²) >= 11 is 0. The quantitative estimate of drug-likeness (QED) is 0.526. The Kier molecular flexibility index (Phi) is 5.01. The zero-order valence-electron chi connectivity index (χ0n) is 18.7. The predicted octanol–water partition coefficient (Wildman–Crippen LogP) is 2.64. The molecule has 166 valence electrons. The average molecular weight is 435 g/mol. The van der Waals surface area contributed by atoms with Gasteiger partial charge >= 0.3 is 5.69 Å². The topological polar surface area (TPSA) is 105 Å². The first-order chi connectivity index (χ1) is 15.4. The standard InChI is InChI=1S/C22H26N8O2/c1-13-9-17(16-12-28(3)27-14(16)2)23-10-18(13)25-21-24-11-19-20(26-21)30(22(31)29(19)4)15-5-7-32-8-6-15/h9-12,15H,5-8H2,1-4H3,(H,24,25,26). The van der Waals surface area contributed by atoms with Gasteiger partial charge in [-0.25, -0.2) is 9.78 Å². The third-order valence-corrected chi connectivity index (χ3v) is 6.04. The number of pyridine rings is 1. The fourth-order valence-corrected chi connectivity index (χ4v) is 4.27. The van der Waals surface area contributed by atoms with Crippen molar-refractivity contribution in [3.63, 3.8) is 0 Å². The Labute approximate surface area is 184 Å². The molecule has 0 aliphatic carbocycles. The number of fused-ring (bicyclic) bond motifs is 1. The number of nitrogens with one attached hydrogen (secondary N) is 1. The Morgan fingerprint density at radius 1 is 1.12 bits per heavy atom. The normalized spacial score (nSPS) is 14.9. The number of nitrogens with zero attached hydrogens (tertiary/aromatic N) is 7. The van der Waals surface area contributed by atoms with Gasteiger partial charge in [0.1, 0.15) is 5.52 Å². The zero-order chi connectivity index (χ0) is 22.4. The molecule has 10 nitrogen and oxygen atoms in total. The van der Waals surface area contributed by atoms with Gasteiger partial charge in [0.15, 0.2) is 5.65 Å². The molecule has 0 saturated carbocycles. The van der Waals surface area contributed by atoms with E-state index in [0.717, 1.165) is 41.0 Å². The van der Waals surface area contributed by atoms with Crippen LogP contribution in [0.5, 0.6) is 0 Å². The molecule has 4 aromatic rings. The fourth-order valence-electron chi connectivity index (χ4n) is 4.27. The monoisotopic (exact) mass is 434 g/mol. The van der Waals surface area contributed by atoms with Crippen LogP contribution in [0.4, 0.5) is 11.6 Å². The fraction of sp³-hybridized carbons (Fsp3) is 0.409. The minimum Gasteiger partial charge on any atom is -0.381 e. The number of ether oxygens (including phenoxy) is 1. The van der Waals surface area contributed by atoms with Crippen molar-refractivity contribution in [1.29, 1.82) is 0 Å². The van der Waals surface area contributed by atoms with Crippen LogP contribution in [0.1, 0.15) is 30.1 Å². The SMILES string of the molecule is Cc1cc(-c2cn(C)nc2C)ncc1Nc1ncc2c(n1)n(C1CCOCC1)c(=O)n2C. The van der Waals surface area contributed by atoms with Crippen LogP contribution in [0.3, 0.4) is 0 Å². The number of hydrogen-bond acceptors (Lipinski definition) is 7. The molecule has 0 atom stereocenters. The van der Waals surface area contributed by atoms with Gasteiger partial charge in [0, 0.05) is 45.1 Å². The second kappa shape index (κ2) is 7.86. The lowest BCUT2D eigenvalue weighted by atomic mass is 10.1. The van der Waals surface area contributed by atoms with Crippen LogP contribution in [-0.2, 0) is 18.8 Å². The molecular weight excluding hydrogens is 408 g/mol. The summed E-state index contributed by atoms with van der Waals surface area (Å²) in [5, 5.41) is 7.66. The van der Waals surface area contributed by atoms with E-state index in [-0.39, 0.29) is 11.7 Å². The van der Waals surface area contributed by atoms with Crippen LogP contribution < -0.4 is 11.0 Å². The highest BCUT2D eigenvalue weighted by Crippen LogP contribution is 2.27. The molecule has 5 rings (SSSR count). The number of imidazole rings is 1. The van der Waals surface area contributed by atoms with E-state index in [0.29, 0.717) is 30.3 Å². The van der Waals surface area contributed by atoms with Gasteiger partial charge in [0.25, 0.3) is 0 Å². The van der Waals surface area contributed by atoms with Crippen molar-refractivity contribution in [3.8, 4) is 11.3 Å². The molecule has 1 aliphatic rings. The van der Waals surface area contributed by atoms with Gasteiger partial charge in [0.05, 0.1) is 29.5 Å². The third kappa shape index (κ3) is 3.46. The summed E-state index contributed by atoms with van der Waals surface area (Å²) in [5.41, 5.74) is 5.90. The summed E-state index contributed by atoms with van der Waals surface area (Å²) in [6, 6.07) is 2.10. The first-order valence-corrected chi connectivity index (χ1v) is 10.7. The van der Waals surface area contributed by atoms with E-state index in [1.54, 1.807) is 33.3 Å². The number of aryl methyl sites for hydroxylation is 4. The Hall–Kier alpha value is -3.53. The van der Waals surface area contributed by atoms with E-state index in [2.05, 4.69) is 20.4 Å². The van der Waals surface area contributed by atoms with Gasteiger partial charge in [-0.2, -0.15) is 10.1 Å². The number of hydrogen-bond donors (Lipinski definition) is 1. The maximum Gasteiger partial charge on any atom is 0.330 e. The van der Waals surface area contributed by atoms with Crippen molar-refractivity contribution in [2.45, 2.75) is 32.7 Å². The smallest absolute Gasteiger partial charge is 0.330 e. The summed E-state index contributed by atoms with van der Waals surface area (Å²) in [4.78, 5) is 26.6. The summed E-state index contributed by atoms with van der Waals surface area (Å²) in [6.07, 6.45) is 7.03. The van der Waals surface area contributed by atoms with Crippen LogP contribution in [-0.4, -0.2) is 47.1 Å². The van der Waals surface area contributed by atoms with E-state index in [1.165, 1.54) is 0 Å². The molecule has 0 spiro atoms. The van der Waals surface area contributed by atoms with Crippen molar-refractivity contribution in [3.05, 3.63) is 46.4 Å². The lowest BCUT2D eigenvalue weighted by Gasteiger charge is -2.22. The molecule has 5 heterocycles. The molecule has 32 heavy (non-hydrogen) atoms. The van der Waals surface area contributed by atoms with Gasteiger partial charge in [-0.3, -0.25) is 18.8 Å². The Bertz CT molecular complexity index is 1360. The summed E-state index contributed by atoms with van der Waals surface area (Å²) < 4.78 is 10.6. The lowest BCUT2D eigenvalue weighted by Crippen LogP contribution is -2.30. The number of anilines is 2. The van der Waals surface area contributed by atoms with Crippen molar-refractivity contribution >= 4 is 22.8 Å². The molecule has 1 aliphatic heterocycles. The van der Waals surface area contributed by atoms with Crippen LogP contribution in [0, 0.1) is 13.8 Å². The lowest BCUT2D eigenvalue weighted by molar-refractivity contribution is 0.0695. The van der Waals surface area contributed by atoms with Gasteiger partial charge < -0.3 is 10.1 Å². The van der Waals surface area contributed by atoms with Crippen LogP contribution in [0.15, 0.2) is 29.5 Å². The van der Waals surface area contributed by atoms with Gasteiger partial charge in [-0.15, -0.1) is 0 Å². The largest absolute Gasteiger partial charge is 0.381 e. The maximum atomic E-state index is 12.9. The van der Waals surface area contributed by atoms with Crippen LogP contribution in [0.25, 0.3) is 22.4 Å². The molecule has 1 saturated heterocycles. The molecule has 0 amide bonds. The molecule has 1 N–H and O–H groups in total. The summed E-state index contributed by atoms with van der Waals surface area (Å²) in [6.45, 7) is 5.28. The zero-order valence-corrected chi connectivity index (χ0v) is 18.7. The highest BCUT2D eigenvalue weighted by atomic mass is 16.5. The van der Waals surface area contributed by atoms with Crippen LogP contribution >= 0.6 is 0 Å². The molecule has 10 heteroatoms. The summed E-state index contributed by atoms with van der Waals surface area (Å²) in [5.74, 6) is 0.430. The minimum atomic E-state index is -0.0765. The minimum absolute atomic E-state index is 0.0765. The van der Waals surface area contributed by atoms with Gasteiger partial charge in [0.2, 0.25) is 5.95 Å². The van der Waals surface area contributed by atoms with Crippen molar-refractivity contribution in [1.82, 2.24) is 33.9 Å². The second-order valence-electron chi connectivity index (χ2n) is 8.27. The molecule has 0 aromatic carbocycles. The molecule has 0 radical (unpaired) electrons. The Morgan fingerprint density at radius 3 is 2.59 bits per heavy atom. The van der Waals surface area contributed by atoms with Crippen molar-refractivity contribution < 1.29 is 4.74 Å². The first kappa shape index (κ1) is 20.4. The Balaban J connectivity index is 1.49. The summed E-state index contributed by atoms with van der Waals surface area (Å²) in [7, 11) is 3.65. The molecular formula is C22H26N8O2. The molecule has 1 fully saturated rings. The van der Waals surface area contributed by atoms with Crippen molar-refractivity contribution in [2.24, 2.45) is 14.1 Å². The molecule has 0 bridgehead atoms. The van der Waals surface area contributed by atoms with Crippen LogP contribution in [0.2, 0.25) is 0 Å². The number of aromatic nitrogens is 7.